The van der Waals surface area contributed by atoms with Crippen LogP contribution in [0.1, 0.15) is 22.0 Å². The number of likely N-dealkylation sites (N-methyl/N-ethyl adjacent to an activating group) is 1. The summed E-state index contributed by atoms with van der Waals surface area (Å²) in [6.07, 6.45) is 0. The van der Waals surface area contributed by atoms with Crippen molar-refractivity contribution in [2.75, 3.05) is 33.7 Å². The van der Waals surface area contributed by atoms with E-state index < -0.39 is 0 Å². The Morgan fingerprint density at radius 2 is 1.46 bits per heavy atom. The van der Waals surface area contributed by atoms with Crippen LogP contribution in [0.4, 0.5) is 4.79 Å². The van der Waals surface area contributed by atoms with E-state index in [4.69, 9.17) is 0 Å². The van der Waals surface area contributed by atoms with Crippen LogP contribution in [0.5, 0.6) is 0 Å². The highest BCUT2D eigenvalue weighted by molar-refractivity contribution is 5.94. The Balaban J connectivity index is 1.76. The molecule has 0 aromatic heterocycles. The van der Waals surface area contributed by atoms with Crippen molar-refractivity contribution in [3.63, 3.8) is 0 Å². The molecule has 3 amide bonds. The molecule has 138 valence electrons. The molecule has 26 heavy (non-hydrogen) atoms. The summed E-state index contributed by atoms with van der Waals surface area (Å²) in [5, 5.41) is 8.54. The Labute approximate surface area is 154 Å². The maximum absolute atomic E-state index is 12.2. The second-order valence-electron chi connectivity index (χ2n) is 6.25. The fourth-order valence-corrected chi connectivity index (χ4v) is 2.54. The van der Waals surface area contributed by atoms with Crippen molar-refractivity contribution in [3.8, 4) is 0 Å². The molecule has 0 aliphatic heterocycles. The summed E-state index contributed by atoms with van der Waals surface area (Å²) in [6.45, 7) is 1.42. The second-order valence-corrected chi connectivity index (χ2v) is 6.25. The summed E-state index contributed by atoms with van der Waals surface area (Å²) < 4.78 is 0. The third-order valence-electron chi connectivity index (χ3n) is 3.79. The largest absolute Gasteiger partial charge is 0.350 e. The predicted molar refractivity (Wildman–Crippen MR) is 103 cm³/mol. The summed E-state index contributed by atoms with van der Waals surface area (Å²) >= 11 is 0. The molecule has 2 aromatic carbocycles. The molecule has 0 bridgehead atoms. The monoisotopic (exact) mass is 354 g/mol. The van der Waals surface area contributed by atoms with Crippen LogP contribution in [0.3, 0.4) is 0 Å². The van der Waals surface area contributed by atoms with Gasteiger partial charge in [0.15, 0.2) is 0 Å². The van der Waals surface area contributed by atoms with E-state index in [-0.39, 0.29) is 18.0 Å². The van der Waals surface area contributed by atoms with E-state index in [1.54, 1.807) is 12.1 Å². The molecule has 1 unspecified atom stereocenters. The van der Waals surface area contributed by atoms with Crippen LogP contribution in [0.15, 0.2) is 60.7 Å². The minimum absolute atomic E-state index is 0.106. The van der Waals surface area contributed by atoms with Crippen LogP contribution in [0.25, 0.3) is 0 Å². The van der Waals surface area contributed by atoms with Crippen molar-refractivity contribution in [2.24, 2.45) is 0 Å². The van der Waals surface area contributed by atoms with Crippen molar-refractivity contribution >= 4 is 11.9 Å². The zero-order valence-corrected chi connectivity index (χ0v) is 15.2. The molecule has 0 saturated heterocycles. The second kappa shape index (κ2) is 10.2. The first-order valence-corrected chi connectivity index (χ1v) is 8.63. The highest BCUT2D eigenvalue weighted by Crippen LogP contribution is 2.12. The first kappa shape index (κ1) is 19.5. The summed E-state index contributed by atoms with van der Waals surface area (Å²) in [5.74, 6) is -0.150. The molecule has 6 nitrogen and oxygen atoms in total. The molecule has 6 heteroatoms. The van der Waals surface area contributed by atoms with Crippen molar-refractivity contribution in [1.29, 1.82) is 0 Å². The summed E-state index contributed by atoms with van der Waals surface area (Å²) in [6, 6.07) is 18.5. The molecule has 0 aliphatic rings. The zero-order chi connectivity index (χ0) is 18.8. The van der Waals surface area contributed by atoms with Gasteiger partial charge in [0.2, 0.25) is 0 Å². The van der Waals surface area contributed by atoms with Gasteiger partial charge in [-0.2, -0.15) is 0 Å². The van der Waals surface area contributed by atoms with Gasteiger partial charge in [0.1, 0.15) is 0 Å². The van der Waals surface area contributed by atoms with Gasteiger partial charge in [0.25, 0.3) is 5.91 Å². The Morgan fingerprint density at radius 3 is 2.08 bits per heavy atom. The van der Waals surface area contributed by atoms with E-state index >= 15 is 0 Å². The number of hydrogen-bond donors (Lipinski definition) is 3. The molecular formula is C20H26N4O2. The molecule has 2 aromatic rings. The van der Waals surface area contributed by atoms with Gasteiger partial charge in [-0.25, -0.2) is 4.79 Å². The van der Waals surface area contributed by atoms with Gasteiger partial charge in [0.05, 0.1) is 6.04 Å². The number of hydrogen-bond acceptors (Lipinski definition) is 3. The molecule has 0 fully saturated rings. The first-order chi connectivity index (χ1) is 12.6. The van der Waals surface area contributed by atoms with Gasteiger partial charge in [-0.05, 0) is 31.8 Å². The third-order valence-corrected chi connectivity index (χ3v) is 3.79. The minimum Gasteiger partial charge on any atom is -0.350 e. The number of rotatable bonds is 8. The summed E-state index contributed by atoms with van der Waals surface area (Å²) in [4.78, 5) is 26.1. The lowest BCUT2D eigenvalue weighted by Gasteiger charge is -2.23. The van der Waals surface area contributed by atoms with Crippen LogP contribution in [-0.2, 0) is 0 Å². The normalized spacial score (nSPS) is 11.7. The SMILES string of the molecule is CN(C)CC(NC(=O)NCCNC(=O)c1ccccc1)c1ccccc1. The maximum Gasteiger partial charge on any atom is 0.315 e. The molecule has 2 rings (SSSR count). The number of amides is 3. The van der Waals surface area contributed by atoms with E-state index in [9.17, 15) is 9.59 Å². The van der Waals surface area contributed by atoms with E-state index in [1.165, 1.54) is 0 Å². The van der Waals surface area contributed by atoms with Gasteiger partial charge in [-0.15, -0.1) is 0 Å². The molecule has 0 aliphatic carbocycles. The van der Waals surface area contributed by atoms with Crippen LogP contribution in [0.2, 0.25) is 0 Å². The number of carbonyl (C=O) groups is 2. The molecule has 1 atom stereocenters. The molecule has 0 spiro atoms. The summed E-state index contributed by atoms with van der Waals surface area (Å²) in [5.41, 5.74) is 1.65. The number of urea groups is 1. The number of benzene rings is 2. The van der Waals surface area contributed by atoms with E-state index in [2.05, 4.69) is 16.0 Å². The minimum atomic E-state index is -0.255. The maximum atomic E-state index is 12.2. The number of nitrogens with one attached hydrogen (secondary N) is 3. The van der Waals surface area contributed by atoms with Gasteiger partial charge in [-0.1, -0.05) is 48.5 Å². The van der Waals surface area contributed by atoms with Gasteiger partial charge in [-0.3, -0.25) is 4.79 Å². The van der Waals surface area contributed by atoms with E-state index in [1.807, 2.05) is 67.5 Å². The van der Waals surface area contributed by atoms with Crippen molar-refractivity contribution in [3.05, 3.63) is 71.8 Å². The van der Waals surface area contributed by atoms with Crippen molar-refractivity contribution < 1.29 is 9.59 Å². The van der Waals surface area contributed by atoms with E-state index in [0.29, 0.717) is 25.2 Å². The Kier molecular flexibility index (Phi) is 7.64. The van der Waals surface area contributed by atoms with Gasteiger partial charge >= 0.3 is 6.03 Å². The summed E-state index contributed by atoms with van der Waals surface area (Å²) in [7, 11) is 3.93. The predicted octanol–water partition coefficient (Wildman–Crippen LogP) is 2.02. The molecule has 3 N–H and O–H groups in total. The smallest absolute Gasteiger partial charge is 0.315 e. The lowest BCUT2D eigenvalue weighted by molar-refractivity contribution is 0.0954. The standard InChI is InChI=1S/C20H26N4O2/c1-24(2)15-18(16-9-5-3-6-10-16)23-20(26)22-14-13-21-19(25)17-11-7-4-8-12-17/h3-12,18H,13-15H2,1-2H3,(H,21,25)(H2,22,23,26). The Hall–Kier alpha value is -2.86. The van der Waals surface area contributed by atoms with Crippen LogP contribution >= 0.6 is 0 Å². The molecular weight excluding hydrogens is 328 g/mol. The molecule has 0 saturated carbocycles. The van der Waals surface area contributed by atoms with Crippen molar-refractivity contribution in [1.82, 2.24) is 20.9 Å². The topological polar surface area (TPSA) is 73.5 Å². The number of carbonyl (C=O) groups excluding carboxylic acids is 2. The van der Waals surface area contributed by atoms with Gasteiger partial charge in [0, 0.05) is 25.2 Å². The van der Waals surface area contributed by atoms with E-state index in [0.717, 1.165) is 5.56 Å². The van der Waals surface area contributed by atoms with Crippen LogP contribution in [0, 0.1) is 0 Å². The average Bonchev–Trinajstić information content (AvgIpc) is 2.65. The lowest BCUT2D eigenvalue weighted by atomic mass is 10.1. The Morgan fingerprint density at radius 1 is 0.885 bits per heavy atom. The first-order valence-electron chi connectivity index (χ1n) is 8.63. The van der Waals surface area contributed by atoms with Gasteiger partial charge < -0.3 is 20.9 Å². The quantitative estimate of drug-likeness (QED) is 0.635. The molecule has 0 radical (unpaired) electrons. The highest BCUT2D eigenvalue weighted by atomic mass is 16.2. The lowest BCUT2D eigenvalue weighted by Crippen LogP contribution is -2.43. The highest BCUT2D eigenvalue weighted by Gasteiger charge is 2.15. The number of nitrogens with zero attached hydrogens (tertiary/aromatic N) is 1. The van der Waals surface area contributed by atoms with Crippen molar-refractivity contribution in [2.45, 2.75) is 6.04 Å². The van der Waals surface area contributed by atoms with Crippen LogP contribution < -0.4 is 16.0 Å². The van der Waals surface area contributed by atoms with Crippen LogP contribution in [-0.4, -0.2) is 50.6 Å². The Bertz CT molecular complexity index is 689. The average molecular weight is 354 g/mol. The molecule has 0 heterocycles. The fourth-order valence-electron chi connectivity index (χ4n) is 2.54. The zero-order valence-electron chi connectivity index (χ0n) is 15.2. The fraction of sp³-hybridized carbons (Fsp3) is 0.300. The third kappa shape index (κ3) is 6.57.